The van der Waals surface area contributed by atoms with Crippen LogP contribution in [0.5, 0.6) is 5.75 Å². The number of ether oxygens (including phenoxy) is 1. The number of thioether (sulfide) groups is 1. The number of hydrogen-bond donors (Lipinski definition) is 2. The summed E-state index contributed by atoms with van der Waals surface area (Å²) in [6.07, 6.45) is -3.98. The molecule has 3 rings (SSSR count). The number of carbonyl (C=O) groups is 2. The minimum absolute atomic E-state index is 0.0666. The van der Waals surface area contributed by atoms with E-state index in [1.54, 1.807) is 7.11 Å². The summed E-state index contributed by atoms with van der Waals surface area (Å²) in [6, 6.07) is 10.7. The Labute approximate surface area is 170 Å². The highest BCUT2D eigenvalue weighted by Crippen LogP contribution is 2.40. The first-order chi connectivity index (χ1) is 13.8. The molecule has 2 amide bonds. The van der Waals surface area contributed by atoms with E-state index in [1.165, 1.54) is 6.07 Å². The molecular weight excluding hydrogens is 405 g/mol. The number of alkyl halides is 3. The molecule has 29 heavy (non-hydrogen) atoms. The van der Waals surface area contributed by atoms with Gasteiger partial charge in [0.25, 0.3) is 0 Å². The van der Waals surface area contributed by atoms with E-state index in [0.29, 0.717) is 17.9 Å². The van der Waals surface area contributed by atoms with E-state index in [0.717, 1.165) is 35.2 Å². The van der Waals surface area contributed by atoms with Gasteiger partial charge in [0.2, 0.25) is 11.8 Å². The Kier molecular flexibility index (Phi) is 6.36. The molecule has 1 atom stereocenters. The lowest BCUT2D eigenvalue weighted by atomic mass is 10.1. The van der Waals surface area contributed by atoms with E-state index >= 15 is 0 Å². The Morgan fingerprint density at radius 3 is 2.72 bits per heavy atom. The van der Waals surface area contributed by atoms with E-state index in [2.05, 4.69) is 10.6 Å². The fourth-order valence-electron chi connectivity index (χ4n) is 2.95. The topological polar surface area (TPSA) is 67.4 Å². The molecule has 0 spiro atoms. The maximum Gasteiger partial charge on any atom is 0.416 e. The van der Waals surface area contributed by atoms with Crippen molar-refractivity contribution in [2.24, 2.45) is 0 Å². The van der Waals surface area contributed by atoms with Gasteiger partial charge in [-0.25, -0.2) is 0 Å². The van der Waals surface area contributed by atoms with Crippen molar-refractivity contribution in [3.8, 4) is 5.75 Å². The molecule has 154 valence electrons. The highest BCUT2D eigenvalue weighted by atomic mass is 32.2. The third-order valence-corrected chi connectivity index (χ3v) is 5.68. The largest absolute Gasteiger partial charge is 0.496 e. The van der Waals surface area contributed by atoms with Gasteiger partial charge < -0.3 is 15.4 Å². The first-order valence-corrected chi connectivity index (χ1v) is 9.73. The molecule has 0 aliphatic carbocycles. The van der Waals surface area contributed by atoms with Gasteiger partial charge in [0, 0.05) is 17.9 Å². The van der Waals surface area contributed by atoms with E-state index in [4.69, 9.17) is 4.74 Å². The summed E-state index contributed by atoms with van der Waals surface area (Å²) in [5.74, 6) is -0.0524. The predicted molar refractivity (Wildman–Crippen MR) is 104 cm³/mol. The second-order valence-corrected chi connectivity index (χ2v) is 7.66. The van der Waals surface area contributed by atoms with Gasteiger partial charge in [-0.2, -0.15) is 13.2 Å². The smallest absolute Gasteiger partial charge is 0.416 e. The van der Waals surface area contributed by atoms with Crippen LogP contribution in [0.3, 0.4) is 0 Å². The minimum Gasteiger partial charge on any atom is -0.496 e. The van der Waals surface area contributed by atoms with Crippen LogP contribution in [0.15, 0.2) is 47.4 Å². The molecule has 0 radical (unpaired) electrons. The van der Waals surface area contributed by atoms with Crippen molar-refractivity contribution in [3.63, 3.8) is 0 Å². The first-order valence-electron chi connectivity index (χ1n) is 8.85. The van der Waals surface area contributed by atoms with Gasteiger partial charge >= 0.3 is 6.18 Å². The van der Waals surface area contributed by atoms with Crippen molar-refractivity contribution in [1.82, 2.24) is 5.32 Å². The predicted octanol–water partition coefficient (Wildman–Crippen LogP) is 3.88. The van der Waals surface area contributed by atoms with Crippen molar-refractivity contribution in [2.45, 2.75) is 29.2 Å². The molecule has 0 bridgehead atoms. The average Bonchev–Trinajstić information content (AvgIpc) is 2.68. The number of para-hydroxylation sites is 1. The van der Waals surface area contributed by atoms with Crippen LogP contribution >= 0.6 is 11.8 Å². The summed E-state index contributed by atoms with van der Waals surface area (Å²) in [5.41, 5.74) is 0.238. The minimum atomic E-state index is -4.48. The lowest BCUT2D eigenvalue weighted by Gasteiger charge is -2.24. The molecule has 9 heteroatoms. The zero-order chi connectivity index (χ0) is 21.0. The quantitative estimate of drug-likeness (QED) is 0.739. The van der Waals surface area contributed by atoms with Crippen molar-refractivity contribution in [1.29, 1.82) is 0 Å². The Balaban J connectivity index is 1.55. The van der Waals surface area contributed by atoms with Gasteiger partial charge in [0.1, 0.15) is 5.75 Å². The third kappa shape index (κ3) is 5.23. The zero-order valence-electron chi connectivity index (χ0n) is 15.5. The summed E-state index contributed by atoms with van der Waals surface area (Å²) in [6.45, 7) is 0.379. The number of fused-ring (bicyclic) bond motifs is 1. The number of anilines is 1. The summed E-state index contributed by atoms with van der Waals surface area (Å²) in [4.78, 5) is 24.9. The Morgan fingerprint density at radius 2 is 2.00 bits per heavy atom. The molecule has 1 heterocycles. The highest BCUT2D eigenvalue weighted by Gasteiger charge is 2.34. The molecule has 0 fully saturated rings. The van der Waals surface area contributed by atoms with Gasteiger partial charge in [0.15, 0.2) is 0 Å². The molecule has 1 aliphatic rings. The maximum absolute atomic E-state index is 12.8. The van der Waals surface area contributed by atoms with Crippen LogP contribution in [0.1, 0.15) is 17.5 Å². The van der Waals surface area contributed by atoms with Crippen molar-refractivity contribution in [2.75, 3.05) is 19.0 Å². The van der Waals surface area contributed by atoms with Crippen LogP contribution in [0.25, 0.3) is 0 Å². The van der Waals surface area contributed by atoms with Crippen LogP contribution in [-0.2, 0) is 22.2 Å². The van der Waals surface area contributed by atoms with Gasteiger partial charge in [-0.1, -0.05) is 18.2 Å². The van der Waals surface area contributed by atoms with E-state index in [-0.39, 0.29) is 18.0 Å². The van der Waals surface area contributed by atoms with Gasteiger partial charge in [-0.3, -0.25) is 9.59 Å². The van der Waals surface area contributed by atoms with E-state index in [9.17, 15) is 22.8 Å². The fourth-order valence-corrected chi connectivity index (χ4v) is 4.04. The monoisotopic (exact) mass is 424 g/mol. The number of nitrogens with one attached hydrogen (secondary N) is 2. The third-order valence-electron chi connectivity index (χ3n) is 4.41. The second kappa shape index (κ2) is 8.77. The summed E-state index contributed by atoms with van der Waals surface area (Å²) < 4.78 is 43.7. The summed E-state index contributed by atoms with van der Waals surface area (Å²) in [7, 11) is 1.58. The first kappa shape index (κ1) is 21.0. The number of hydrogen-bond acceptors (Lipinski definition) is 4. The second-order valence-electron chi connectivity index (χ2n) is 6.42. The average molecular weight is 424 g/mol. The molecule has 1 aliphatic heterocycles. The van der Waals surface area contributed by atoms with Crippen LogP contribution in [0, 0.1) is 0 Å². The normalized spacial score (nSPS) is 16.0. The molecule has 2 aromatic rings. The lowest BCUT2D eigenvalue weighted by Crippen LogP contribution is -2.35. The van der Waals surface area contributed by atoms with E-state index < -0.39 is 22.9 Å². The molecular formula is C20H19F3N2O3S. The number of benzene rings is 2. The number of halogens is 3. The number of rotatable bonds is 6. The SMILES string of the molecule is COc1ccccc1CCNC(=O)C[C@H]1Sc2ccc(C(F)(F)F)cc2NC1=O. The molecule has 0 saturated heterocycles. The maximum atomic E-state index is 12.8. The van der Waals surface area contributed by atoms with Crippen LogP contribution in [0.2, 0.25) is 0 Å². The molecule has 2 aromatic carbocycles. The molecule has 0 saturated carbocycles. The molecule has 0 aromatic heterocycles. The zero-order valence-corrected chi connectivity index (χ0v) is 16.3. The molecule has 2 N–H and O–H groups in total. The van der Waals surface area contributed by atoms with Crippen molar-refractivity contribution < 1.29 is 27.5 Å². The molecule has 5 nitrogen and oxygen atoms in total. The standard InChI is InChI=1S/C20H19F3N2O3S/c1-28-15-5-3-2-4-12(15)8-9-24-18(26)11-17-19(27)25-14-10-13(20(21,22)23)6-7-16(14)29-17/h2-7,10,17H,8-9,11H2,1H3,(H,24,26)(H,25,27)/t17-/m1/s1. The summed E-state index contributed by atoms with van der Waals surface area (Å²) in [5, 5.41) is 4.53. The van der Waals surface area contributed by atoms with Gasteiger partial charge in [-0.05, 0) is 36.2 Å². The van der Waals surface area contributed by atoms with E-state index in [1.807, 2.05) is 24.3 Å². The van der Waals surface area contributed by atoms with Crippen molar-refractivity contribution in [3.05, 3.63) is 53.6 Å². The Morgan fingerprint density at radius 1 is 1.24 bits per heavy atom. The number of methoxy groups -OCH3 is 1. The lowest BCUT2D eigenvalue weighted by molar-refractivity contribution is -0.137. The Bertz CT molecular complexity index is 918. The van der Waals surface area contributed by atoms with Gasteiger partial charge in [0.05, 0.1) is 23.6 Å². The van der Waals surface area contributed by atoms with Crippen LogP contribution in [0.4, 0.5) is 18.9 Å². The molecule has 0 unspecified atom stereocenters. The van der Waals surface area contributed by atoms with Crippen LogP contribution < -0.4 is 15.4 Å². The van der Waals surface area contributed by atoms with Crippen LogP contribution in [-0.4, -0.2) is 30.7 Å². The number of carbonyl (C=O) groups excluding carboxylic acids is 2. The van der Waals surface area contributed by atoms with Crippen molar-refractivity contribution >= 4 is 29.3 Å². The fraction of sp³-hybridized carbons (Fsp3) is 0.300. The van der Waals surface area contributed by atoms with Gasteiger partial charge in [-0.15, -0.1) is 11.8 Å². The number of amides is 2. The Hall–Kier alpha value is -2.68. The summed E-state index contributed by atoms with van der Waals surface area (Å²) >= 11 is 1.09. The highest BCUT2D eigenvalue weighted by molar-refractivity contribution is 8.01.